The highest BCUT2D eigenvalue weighted by molar-refractivity contribution is 5.90. The third-order valence-corrected chi connectivity index (χ3v) is 4.34. The molecule has 0 bridgehead atoms. The van der Waals surface area contributed by atoms with E-state index in [0.717, 1.165) is 24.3 Å². The maximum atomic E-state index is 11.1. The lowest BCUT2D eigenvalue weighted by Gasteiger charge is -2.45. The summed E-state index contributed by atoms with van der Waals surface area (Å²) in [6.07, 6.45) is 2.65. The van der Waals surface area contributed by atoms with Gasteiger partial charge in [0.25, 0.3) is 0 Å². The molecule has 2 fully saturated rings. The third kappa shape index (κ3) is 2.32. The number of carboxylic acid groups (broad SMARTS) is 1. The van der Waals surface area contributed by atoms with Gasteiger partial charge in [-0.1, -0.05) is 6.07 Å². The summed E-state index contributed by atoms with van der Waals surface area (Å²) in [5, 5.41) is 9.16. The molecule has 2 saturated heterocycles. The van der Waals surface area contributed by atoms with Crippen molar-refractivity contribution in [3.05, 3.63) is 29.3 Å². The van der Waals surface area contributed by atoms with E-state index in [9.17, 15) is 4.79 Å². The Hall–Kier alpha value is -1.55. The van der Waals surface area contributed by atoms with Gasteiger partial charge in [-0.2, -0.15) is 0 Å². The molecule has 0 saturated carbocycles. The Morgan fingerprint density at radius 2 is 1.95 bits per heavy atom. The quantitative estimate of drug-likeness (QED) is 0.902. The van der Waals surface area contributed by atoms with E-state index in [2.05, 4.69) is 9.80 Å². The second-order valence-corrected chi connectivity index (χ2v) is 5.61. The SMILES string of the molecule is Cc1ccc(N2CC(N3CCCC3)C2)cc1C(=O)O. The van der Waals surface area contributed by atoms with Crippen molar-refractivity contribution in [3.8, 4) is 0 Å². The molecule has 102 valence electrons. The van der Waals surface area contributed by atoms with Crippen LogP contribution in [0.5, 0.6) is 0 Å². The van der Waals surface area contributed by atoms with Crippen molar-refractivity contribution in [2.45, 2.75) is 25.8 Å². The number of aromatic carboxylic acids is 1. The number of carboxylic acids is 1. The van der Waals surface area contributed by atoms with Crippen LogP contribution in [0.3, 0.4) is 0 Å². The zero-order valence-electron chi connectivity index (χ0n) is 11.3. The molecule has 1 aromatic carbocycles. The summed E-state index contributed by atoms with van der Waals surface area (Å²) in [5.41, 5.74) is 2.29. The number of hydrogen-bond donors (Lipinski definition) is 1. The number of anilines is 1. The standard InChI is InChI=1S/C15H20N2O2/c1-11-4-5-12(8-14(11)15(18)19)17-9-13(10-17)16-6-2-3-7-16/h4-5,8,13H,2-3,6-7,9-10H2,1H3,(H,18,19). The first-order valence-electron chi connectivity index (χ1n) is 6.98. The van der Waals surface area contributed by atoms with Crippen molar-refractivity contribution in [3.63, 3.8) is 0 Å². The molecule has 4 nitrogen and oxygen atoms in total. The normalized spacial score (nSPS) is 20.6. The van der Waals surface area contributed by atoms with Crippen molar-refractivity contribution < 1.29 is 9.90 Å². The Labute approximate surface area is 113 Å². The summed E-state index contributed by atoms with van der Waals surface area (Å²) in [4.78, 5) is 16.0. The van der Waals surface area contributed by atoms with E-state index in [1.807, 2.05) is 19.1 Å². The van der Waals surface area contributed by atoms with Gasteiger partial charge < -0.3 is 10.0 Å². The number of benzene rings is 1. The number of aryl methyl sites for hydroxylation is 1. The highest BCUT2D eigenvalue weighted by Gasteiger charge is 2.33. The summed E-state index contributed by atoms with van der Waals surface area (Å²) in [6, 6.07) is 6.40. The van der Waals surface area contributed by atoms with Gasteiger partial charge in [-0.25, -0.2) is 4.79 Å². The van der Waals surface area contributed by atoms with Crippen LogP contribution in [0.15, 0.2) is 18.2 Å². The first-order chi connectivity index (χ1) is 9.15. The molecule has 0 amide bonds. The molecule has 3 rings (SSSR count). The molecule has 2 aliphatic heterocycles. The number of likely N-dealkylation sites (tertiary alicyclic amines) is 1. The molecule has 0 aliphatic carbocycles. The van der Waals surface area contributed by atoms with Crippen LogP contribution < -0.4 is 4.90 Å². The predicted octanol–water partition coefficient (Wildman–Crippen LogP) is 1.98. The lowest BCUT2D eigenvalue weighted by Crippen LogP contribution is -2.58. The average Bonchev–Trinajstić information content (AvgIpc) is 2.82. The van der Waals surface area contributed by atoms with Gasteiger partial charge in [0.05, 0.1) is 5.56 Å². The second kappa shape index (κ2) is 4.85. The molecule has 0 spiro atoms. The molecular weight excluding hydrogens is 240 g/mol. The number of rotatable bonds is 3. The largest absolute Gasteiger partial charge is 0.478 e. The molecule has 1 aromatic rings. The van der Waals surface area contributed by atoms with Crippen LogP contribution in [0.1, 0.15) is 28.8 Å². The van der Waals surface area contributed by atoms with Crippen molar-refractivity contribution >= 4 is 11.7 Å². The van der Waals surface area contributed by atoms with Crippen LogP contribution in [-0.2, 0) is 0 Å². The van der Waals surface area contributed by atoms with Gasteiger partial charge in [-0.05, 0) is 50.6 Å². The first-order valence-corrected chi connectivity index (χ1v) is 6.98. The van der Waals surface area contributed by atoms with E-state index in [1.165, 1.54) is 25.9 Å². The topological polar surface area (TPSA) is 43.8 Å². The van der Waals surface area contributed by atoms with Crippen LogP contribution >= 0.6 is 0 Å². The van der Waals surface area contributed by atoms with Crippen LogP contribution in [0.25, 0.3) is 0 Å². The van der Waals surface area contributed by atoms with E-state index in [-0.39, 0.29) is 0 Å². The van der Waals surface area contributed by atoms with Gasteiger partial charge in [0.15, 0.2) is 0 Å². The van der Waals surface area contributed by atoms with E-state index in [4.69, 9.17) is 5.11 Å². The van der Waals surface area contributed by atoms with Gasteiger partial charge in [0.1, 0.15) is 0 Å². The second-order valence-electron chi connectivity index (χ2n) is 5.61. The van der Waals surface area contributed by atoms with Crippen molar-refractivity contribution in [1.29, 1.82) is 0 Å². The van der Waals surface area contributed by atoms with Crippen LogP contribution in [0, 0.1) is 6.92 Å². The van der Waals surface area contributed by atoms with E-state index in [0.29, 0.717) is 11.6 Å². The fraction of sp³-hybridized carbons (Fsp3) is 0.533. The lowest BCUT2D eigenvalue weighted by molar-refractivity contribution is 0.0696. The Morgan fingerprint density at radius 3 is 2.58 bits per heavy atom. The first kappa shape index (κ1) is 12.5. The van der Waals surface area contributed by atoms with Gasteiger partial charge in [-0.3, -0.25) is 4.90 Å². The minimum atomic E-state index is -0.837. The van der Waals surface area contributed by atoms with Crippen molar-refractivity contribution in [2.75, 3.05) is 31.1 Å². The van der Waals surface area contributed by atoms with Crippen LogP contribution in [0.2, 0.25) is 0 Å². The maximum Gasteiger partial charge on any atom is 0.336 e. The van der Waals surface area contributed by atoms with Gasteiger partial charge >= 0.3 is 5.97 Å². The predicted molar refractivity (Wildman–Crippen MR) is 74.9 cm³/mol. The summed E-state index contributed by atoms with van der Waals surface area (Å²) in [6.45, 7) is 6.36. The fourth-order valence-electron chi connectivity index (χ4n) is 3.04. The Balaban J connectivity index is 1.68. The van der Waals surface area contributed by atoms with Crippen LogP contribution in [-0.4, -0.2) is 48.2 Å². The molecular formula is C15H20N2O2. The van der Waals surface area contributed by atoms with E-state index in [1.54, 1.807) is 6.07 Å². The highest BCUT2D eigenvalue weighted by Crippen LogP contribution is 2.27. The minimum Gasteiger partial charge on any atom is -0.478 e. The zero-order chi connectivity index (χ0) is 13.4. The van der Waals surface area contributed by atoms with Gasteiger partial charge in [0.2, 0.25) is 0 Å². The lowest BCUT2D eigenvalue weighted by atomic mass is 10.0. The summed E-state index contributed by atoms with van der Waals surface area (Å²) >= 11 is 0. The molecule has 0 atom stereocenters. The monoisotopic (exact) mass is 260 g/mol. The number of hydrogen-bond acceptors (Lipinski definition) is 3. The average molecular weight is 260 g/mol. The highest BCUT2D eigenvalue weighted by atomic mass is 16.4. The molecule has 2 aliphatic rings. The molecule has 19 heavy (non-hydrogen) atoms. The number of nitrogens with zero attached hydrogens (tertiary/aromatic N) is 2. The molecule has 2 heterocycles. The summed E-state index contributed by atoms with van der Waals surface area (Å²) in [5.74, 6) is -0.837. The van der Waals surface area contributed by atoms with Crippen molar-refractivity contribution in [2.24, 2.45) is 0 Å². The maximum absolute atomic E-state index is 11.1. The number of carbonyl (C=O) groups is 1. The summed E-state index contributed by atoms with van der Waals surface area (Å²) in [7, 11) is 0. The van der Waals surface area contributed by atoms with E-state index < -0.39 is 5.97 Å². The van der Waals surface area contributed by atoms with Gasteiger partial charge in [0, 0.05) is 24.8 Å². The van der Waals surface area contributed by atoms with Gasteiger partial charge in [-0.15, -0.1) is 0 Å². The smallest absolute Gasteiger partial charge is 0.336 e. The Kier molecular flexibility index (Phi) is 3.19. The summed E-state index contributed by atoms with van der Waals surface area (Å²) < 4.78 is 0. The molecule has 0 radical (unpaired) electrons. The Bertz CT molecular complexity index is 489. The molecule has 0 aromatic heterocycles. The van der Waals surface area contributed by atoms with Crippen molar-refractivity contribution in [1.82, 2.24) is 4.90 Å². The zero-order valence-corrected chi connectivity index (χ0v) is 11.3. The molecule has 0 unspecified atom stereocenters. The minimum absolute atomic E-state index is 0.419. The third-order valence-electron chi connectivity index (χ3n) is 4.34. The molecule has 1 N–H and O–H groups in total. The fourth-order valence-corrected chi connectivity index (χ4v) is 3.04. The van der Waals surface area contributed by atoms with Crippen LogP contribution in [0.4, 0.5) is 5.69 Å². The molecule has 4 heteroatoms. The Morgan fingerprint density at radius 1 is 1.26 bits per heavy atom. The van der Waals surface area contributed by atoms with E-state index >= 15 is 0 Å².